The number of aromatic amines is 1. The first-order valence-electron chi connectivity index (χ1n) is 10.2. The van der Waals surface area contributed by atoms with Crippen LogP contribution in [0.2, 0.25) is 10.0 Å². The molecule has 9 heteroatoms. The lowest BCUT2D eigenvalue weighted by molar-refractivity contribution is -0.131. The van der Waals surface area contributed by atoms with Gasteiger partial charge in [-0.1, -0.05) is 23.2 Å². The van der Waals surface area contributed by atoms with Crippen molar-refractivity contribution in [1.29, 1.82) is 5.41 Å². The molecule has 0 aliphatic carbocycles. The van der Waals surface area contributed by atoms with E-state index in [4.69, 9.17) is 28.6 Å². The summed E-state index contributed by atoms with van der Waals surface area (Å²) in [6.07, 6.45) is 4.48. The Morgan fingerprint density at radius 3 is 2.70 bits per heavy atom. The summed E-state index contributed by atoms with van der Waals surface area (Å²) in [5, 5.41) is 16.1. The van der Waals surface area contributed by atoms with E-state index in [1.54, 1.807) is 18.2 Å². The number of halogens is 2. The van der Waals surface area contributed by atoms with Crippen molar-refractivity contribution in [2.45, 2.75) is 31.3 Å². The van der Waals surface area contributed by atoms with Crippen molar-refractivity contribution in [2.75, 3.05) is 37.3 Å². The van der Waals surface area contributed by atoms with Gasteiger partial charge in [0.25, 0.3) is 0 Å². The Morgan fingerprint density at radius 1 is 1.20 bits per heavy atom. The molecule has 0 spiro atoms. The highest BCUT2D eigenvalue weighted by Gasteiger charge is 2.38. The molecular weight excluding hydrogens is 423 g/mol. The highest BCUT2D eigenvalue weighted by Crippen LogP contribution is 2.28. The number of H-pyrrole nitrogens is 1. The smallest absolute Gasteiger partial charge is 0.245 e. The fraction of sp³-hybridized carbons (Fsp3) is 0.429. The van der Waals surface area contributed by atoms with E-state index >= 15 is 0 Å². The number of piperidine rings is 1. The number of carbonyl (C=O) groups excluding carboxylic acids is 1. The van der Waals surface area contributed by atoms with Crippen LogP contribution in [-0.4, -0.2) is 65.3 Å². The van der Waals surface area contributed by atoms with Crippen LogP contribution in [0.15, 0.2) is 30.5 Å². The number of likely N-dealkylation sites (tertiary alicyclic amines) is 2. The van der Waals surface area contributed by atoms with E-state index < -0.39 is 0 Å². The average molecular weight is 449 g/mol. The van der Waals surface area contributed by atoms with Gasteiger partial charge in [0.15, 0.2) is 0 Å². The van der Waals surface area contributed by atoms with E-state index in [-0.39, 0.29) is 18.0 Å². The van der Waals surface area contributed by atoms with E-state index in [1.165, 1.54) is 0 Å². The Kier molecular flexibility index (Phi) is 6.11. The van der Waals surface area contributed by atoms with Gasteiger partial charge in [-0.3, -0.25) is 10.2 Å². The van der Waals surface area contributed by atoms with Gasteiger partial charge in [0.2, 0.25) is 5.91 Å². The molecule has 1 aromatic heterocycles. The lowest BCUT2D eigenvalue weighted by Crippen LogP contribution is -2.51. The molecule has 1 amide bonds. The predicted molar refractivity (Wildman–Crippen MR) is 122 cm³/mol. The summed E-state index contributed by atoms with van der Waals surface area (Å²) < 4.78 is 0. The monoisotopic (exact) mass is 448 g/mol. The molecule has 2 aromatic rings. The standard InChI is InChI=1S/C21H26Cl2N6O/c1-25-20-17(4-6-26-20)19(24)28-7-2-3-16(12-28)29-8-5-18(21(29)30)27-15-10-13(22)9-14(23)11-15/h4,6,9-11,16,18,24-27H,2-3,5,7-8,12H2,1H3/t16-,18-/m1/s1. The van der Waals surface area contributed by atoms with Gasteiger partial charge in [-0.25, -0.2) is 0 Å². The van der Waals surface area contributed by atoms with Crippen LogP contribution >= 0.6 is 23.2 Å². The van der Waals surface area contributed by atoms with Gasteiger partial charge in [-0.15, -0.1) is 0 Å². The SMILES string of the molecule is CNc1[nH]ccc1C(=N)N1CCC[C@@H](N2CC[C@@H](Nc3cc(Cl)cc(Cl)c3)C2=O)C1. The number of anilines is 2. The van der Waals surface area contributed by atoms with Crippen LogP contribution in [0.5, 0.6) is 0 Å². The summed E-state index contributed by atoms with van der Waals surface area (Å²) in [5.41, 5.74) is 1.61. The van der Waals surface area contributed by atoms with Gasteiger partial charge in [-0.2, -0.15) is 0 Å². The zero-order valence-corrected chi connectivity index (χ0v) is 18.4. The first-order chi connectivity index (χ1) is 14.5. The minimum Gasteiger partial charge on any atom is -0.374 e. The van der Waals surface area contributed by atoms with Gasteiger partial charge >= 0.3 is 0 Å². The molecule has 2 aliphatic heterocycles. The van der Waals surface area contributed by atoms with Crippen molar-refractivity contribution in [3.05, 3.63) is 46.1 Å². The van der Waals surface area contributed by atoms with Crippen molar-refractivity contribution in [3.8, 4) is 0 Å². The number of rotatable bonds is 5. The second-order valence-corrected chi connectivity index (χ2v) is 8.66. The minimum atomic E-state index is -0.282. The summed E-state index contributed by atoms with van der Waals surface area (Å²) in [4.78, 5) is 20.3. The Balaban J connectivity index is 1.41. The zero-order valence-electron chi connectivity index (χ0n) is 16.8. The van der Waals surface area contributed by atoms with Gasteiger partial charge < -0.3 is 25.4 Å². The van der Waals surface area contributed by atoms with Gasteiger partial charge in [0.05, 0.1) is 5.56 Å². The van der Waals surface area contributed by atoms with Gasteiger partial charge in [0, 0.05) is 54.7 Å². The maximum Gasteiger partial charge on any atom is 0.245 e. The normalized spacial score (nSPS) is 21.8. The maximum atomic E-state index is 13.1. The van der Waals surface area contributed by atoms with Gasteiger partial charge in [-0.05, 0) is 43.5 Å². The highest BCUT2D eigenvalue weighted by molar-refractivity contribution is 6.35. The zero-order chi connectivity index (χ0) is 21.3. The fourth-order valence-electron chi connectivity index (χ4n) is 4.39. The van der Waals surface area contributed by atoms with E-state index in [9.17, 15) is 4.79 Å². The van der Waals surface area contributed by atoms with Crippen molar-refractivity contribution >= 4 is 46.4 Å². The molecule has 0 unspecified atom stereocenters. The lowest BCUT2D eigenvalue weighted by Gasteiger charge is -2.39. The number of benzene rings is 1. The molecule has 7 nitrogen and oxygen atoms in total. The molecule has 1 aromatic carbocycles. The molecule has 4 N–H and O–H groups in total. The number of nitrogens with one attached hydrogen (secondary N) is 4. The number of amides is 1. The van der Waals surface area contributed by atoms with Crippen molar-refractivity contribution < 1.29 is 4.79 Å². The Bertz CT molecular complexity index is 925. The highest BCUT2D eigenvalue weighted by atomic mass is 35.5. The summed E-state index contributed by atoms with van der Waals surface area (Å²) in [6, 6.07) is 6.97. The molecule has 0 bridgehead atoms. The van der Waals surface area contributed by atoms with E-state index in [0.717, 1.165) is 42.9 Å². The predicted octanol–water partition coefficient (Wildman–Crippen LogP) is 3.87. The number of amidine groups is 1. The topological polar surface area (TPSA) is 87.2 Å². The second kappa shape index (κ2) is 8.78. The third-order valence-corrected chi connectivity index (χ3v) is 6.29. The van der Waals surface area contributed by atoms with Crippen LogP contribution in [0.4, 0.5) is 11.5 Å². The fourth-order valence-corrected chi connectivity index (χ4v) is 4.92. The summed E-state index contributed by atoms with van der Waals surface area (Å²) in [7, 11) is 1.84. The molecule has 3 heterocycles. The third kappa shape index (κ3) is 4.23. The summed E-state index contributed by atoms with van der Waals surface area (Å²) in [5.74, 6) is 1.42. The molecule has 4 rings (SSSR count). The van der Waals surface area contributed by atoms with Crippen LogP contribution in [0, 0.1) is 5.41 Å². The number of hydrogen-bond donors (Lipinski definition) is 4. The van der Waals surface area contributed by atoms with Crippen LogP contribution in [0.3, 0.4) is 0 Å². The van der Waals surface area contributed by atoms with Crippen molar-refractivity contribution in [2.24, 2.45) is 0 Å². The summed E-state index contributed by atoms with van der Waals surface area (Å²) in [6.45, 7) is 2.21. The quantitative estimate of drug-likeness (QED) is 0.413. The number of hydrogen-bond acceptors (Lipinski definition) is 4. The molecule has 2 saturated heterocycles. The van der Waals surface area contributed by atoms with E-state index in [0.29, 0.717) is 29.0 Å². The molecule has 2 aliphatic rings. The Labute approximate surface area is 186 Å². The molecular formula is C21H26Cl2N6O. The first-order valence-corrected chi connectivity index (χ1v) is 10.9. The summed E-state index contributed by atoms with van der Waals surface area (Å²) >= 11 is 12.2. The molecule has 0 saturated carbocycles. The Morgan fingerprint density at radius 2 is 1.97 bits per heavy atom. The molecule has 160 valence electrons. The molecule has 2 fully saturated rings. The van der Waals surface area contributed by atoms with E-state index in [1.807, 2.05) is 24.2 Å². The lowest BCUT2D eigenvalue weighted by atomic mass is 10.0. The average Bonchev–Trinajstić information content (AvgIpc) is 3.34. The van der Waals surface area contributed by atoms with Crippen LogP contribution in [0.1, 0.15) is 24.8 Å². The largest absolute Gasteiger partial charge is 0.374 e. The van der Waals surface area contributed by atoms with Crippen molar-refractivity contribution in [3.63, 3.8) is 0 Å². The molecule has 2 atom stereocenters. The van der Waals surface area contributed by atoms with Gasteiger partial charge in [0.1, 0.15) is 17.7 Å². The van der Waals surface area contributed by atoms with E-state index in [2.05, 4.69) is 20.5 Å². The second-order valence-electron chi connectivity index (χ2n) is 7.78. The molecule has 0 radical (unpaired) electrons. The number of carbonyl (C=O) groups is 1. The number of aromatic nitrogens is 1. The Hall–Kier alpha value is -2.38. The number of nitrogens with zero attached hydrogens (tertiary/aromatic N) is 2. The molecule has 30 heavy (non-hydrogen) atoms. The maximum absolute atomic E-state index is 13.1. The third-order valence-electron chi connectivity index (χ3n) is 5.85. The van der Waals surface area contributed by atoms with Crippen LogP contribution in [-0.2, 0) is 4.79 Å². The van der Waals surface area contributed by atoms with Crippen LogP contribution in [0.25, 0.3) is 0 Å². The van der Waals surface area contributed by atoms with Crippen LogP contribution < -0.4 is 10.6 Å². The minimum absolute atomic E-state index is 0.0991. The first kappa shape index (κ1) is 20.9. The van der Waals surface area contributed by atoms with Crippen molar-refractivity contribution in [1.82, 2.24) is 14.8 Å².